The van der Waals surface area contributed by atoms with Gasteiger partial charge in [0.2, 0.25) is 0 Å². The number of methoxy groups -OCH3 is 1. The summed E-state index contributed by atoms with van der Waals surface area (Å²) >= 11 is 0. The van der Waals surface area contributed by atoms with E-state index in [4.69, 9.17) is 9.47 Å². The Morgan fingerprint density at radius 2 is 2.08 bits per heavy atom. The number of allylic oxidation sites excluding steroid dienone is 2. The van der Waals surface area contributed by atoms with Crippen LogP contribution in [0.3, 0.4) is 0 Å². The van der Waals surface area contributed by atoms with Gasteiger partial charge < -0.3 is 19.2 Å². The van der Waals surface area contributed by atoms with Crippen LogP contribution in [0, 0.1) is 0 Å². The minimum Gasteiger partial charge on any atom is -0.495 e. The van der Waals surface area contributed by atoms with Crippen molar-refractivity contribution >= 4 is 23.5 Å². The molecule has 0 radical (unpaired) electrons. The molecule has 2 heterocycles. The Morgan fingerprint density at radius 1 is 1.28 bits per heavy atom. The fraction of sp³-hybridized carbons (Fsp3) is 0.400. The summed E-state index contributed by atoms with van der Waals surface area (Å²) in [6, 6.07) is 5.97. The van der Waals surface area contributed by atoms with E-state index in [-0.39, 0.29) is 18.6 Å². The lowest BCUT2D eigenvalue weighted by Gasteiger charge is -2.21. The number of aldehydes is 1. The Bertz CT molecular complexity index is 714. The van der Waals surface area contributed by atoms with Crippen LogP contribution < -0.4 is 9.64 Å². The summed E-state index contributed by atoms with van der Waals surface area (Å²) in [4.78, 5) is 25.0. The molecule has 0 unspecified atom stereocenters. The molecular formula is C20H23NO4. The second-order valence-corrected chi connectivity index (χ2v) is 6.33. The number of anilines is 1. The van der Waals surface area contributed by atoms with E-state index in [0.717, 1.165) is 36.4 Å². The lowest BCUT2D eigenvalue weighted by Crippen LogP contribution is -2.18. The van der Waals surface area contributed by atoms with Crippen LogP contribution in [0.4, 0.5) is 5.69 Å². The van der Waals surface area contributed by atoms with E-state index in [9.17, 15) is 9.59 Å². The van der Waals surface area contributed by atoms with Crippen molar-refractivity contribution < 1.29 is 19.1 Å². The minimum absolute atomic E-state index is 0.0783. The number of ether oxygens (including phenoxy) is 2. The average Bonchev–Trinajstić information content (AvgIpc) is 3.14. The average molecular weight is 341 g/mol. The van der Waals surface area contributed by atoms with Crippen LogP contribution in [-0.2, 0) is 14.3 Å². The quantitative estimate of drug-likeness (QED) is 0.768. The zero-order valence-electron chi connectivity index (χ0n) is 14.5. The summed E-state index contributed by atoms with van der Waals surface area (Å²) in [6.07, 6.45) is 7.29. The van der Waals surface area contributed by atoms with Gasteiger partial charge in [-0.25, -0.2) is 0 Å². The molecule has 0 bridgehead atoms. The van der Waals surface area contributed by atoms with E-state index in [2.05, 4.69) is 4.90 Å². The van der Waals surface area contributed by atoms with Crippen molar-refractivity contribution in [3.8, 4) is 5.75 Å². The van der Waals surface area contributed by atoms with Crippen LogP contribution in [0.15, 0.2) is 36.1 Å². The summed E-state index contributed by atoms with van der Waals surface area (Å²) in [5.41, 5.74) is 2.64. The van der Waals surface area contributed by atoms with Gasteiger partial charge in [-0.3, -0.25) is 4.79 Å². The van der Waals surface area contributed by atoms with Crippen molar-refractivity contribution in [2.75, 3.05) is 25.1 Å². The highest BCUT2D eigenvalue weighted by Crippen LogP contribution is 2.34. The van der Waals surface area contributed by atoms with Crippen LogP contribution >= 0.6 is 0 Å². The molecule has 0 atom stereocenters. The standard InChI is InChI=1S/C20H23NO4/c1-24-20-13-16(4-6-18(20)21-9-2-3-10-21)19-7-5-17(23)12-15(8-11-22)14-25-19/h4,6-7,11,13-14H,2-3,5,8-10,12H2,1H3/b15-14-,19-7-. The van der Waals surface area contributed by atoms with Crippen LogP contribution in [0.1, 0.15) is 37.7 Å². The topological polar surface area (TPSA) is 55.8 Å². The van der Waals surface area contributed by atoms with Gasteiger partial charge in [0.15, 0.2) is 0 Å². The molecule has 25 heavy (non-hydrogen) atoms. The van der Waals surface area contributed by atoms with Gasteiger partial charge in [0.05, 0.1) is 19.1 Å². The Hall–Kier alpha value is -2.56. The summed E-state index contributed by atoms with van der Waals surface area (Å²) in [5, 5.41) is 0. The summed E-state index contributed by atoms with van der Waals surface area (Å²) in [6.45, 7) is 2.09. The van der Waals surface area contributed by atoms with E-state index < -0.39 is 0 Å². The smallest absolute Gasteiger partial charge is 0.142 e. The highest BCUT2D eigenvalue weighted by Gasteiger charge is 2.18. The number of carbonyl (C=O) groups is 2. The molecule has 0 aromatic heterocycles. The van der Waals surface area contributed by atoms with Gasteiger partial charge in [0, 0.05) is 37.9 Å². The molecule has 2 aliphatic heterocycles. The molecule has 1 aromatic carbocycles. The monoisotopic (exact) mass is 341 g/mol. The number of rotatable bonds is 5. The molecule has 1 saturated heterocycles. The van der Waals surface area contributed by atoms with Gasteiger partial charge >= 0.3 is 0 Å². The highest BCUT2D eigenvalue weighted by molar-refractivity contribution is 5.85. The van der Waals surface area contributed by atoms with Gasteiger partial charge in [0.25, 0.3) is 0 Å². The fourth-order valence-corrected chi connectivity index (χ4v) is 3.23. The van der Waals surface area contributed by atoms with Crippen molar-refractivity contribution in [2.24, 2.45) is 0 Å². The third-order valence-electron chi connectivity index (χ3n) is 4.55. The van der Waals surface area contributed by atoms with Crippen molar-refractivity contribution in [3.05, 3.63) is 41.7 Å². The first-order chi connectivity index (χ1) is 12.2. The number of hydrogen-bond acceptors (Lipinski definition) is 5. The predicted molar refractivity (Wildman–Crippen MR) is 96.5 cm³/mol. The summed E-state index contributed by atoms with van der Waals surface area (Å²) in [5.74, 6) is 1.49. The van der Waals surface area contributed by atoms with E-state index in [1.54, 1.807) is 13.2 Å². The number of nitrogens with zero attached hydrogens (tertiary/aromatic N) is 1. The zero-order valence-corrected chi connectivity index (χ0v) is 14.5. The molecule has 5 heteroatoms. The maximum Gasteiger partial charge on any atom is 0.142 e. The molecule has 1 aromatic rings. The first-order valence-corrected chi connectivity index (χ1v) is 8.64. The highest BCUT2D eigenvalue weighted by atomic mass is 16.5. The first kappa shape index (κ1) is 17.3. The van der Waals surface area contributed by atoms with Crippen LogP contribution in [-0.4, -0.2) is 32.3 Å². The molecule has 2 aliphatic rings. The normalized spacial score (nSPS) is 22.1. The second kappa shape index (κ2) is 8.01. The van der Waals surface area contributed by atoms with Crippen LogP contribution in [0.2, 0.25) is 0 Å². The Balaban J connectivity index is 1.88. The van der Waals surface area contributed by atoms with E-state index in [1.807, 2.05) is 18.2 Å². The van der Waals surface area contributed by atoms with E-state index in [1.165, 1.54) is 19.1 Å². The number of Topliss-reactive ketones (excluding diaryl/α,β-unsaturated/α-hetero) is 1. The Labute approximate surface area is 147 Å². The first-order valence-electron chi connectivity index (χ1n) is 8.64. The predicted octanol–water partition coefficient (Wildman–Crippen LogP) is 3.49. The van der Waals surface area contributed by atoms with E-state index in [0.29, 0.717) is 17.8 Å². The molecule has 0 spiro atoms. The van der Waals surface area contributed by atoms with Gasteiger partial charge in [-0.1, -0.05) is 0 Å². The molecule has 3 rings (SSSR count). The fourth-order valence-electron chi connectivity index (χ4n) is 3.23. The number of ketones is 1. The molecular weight excluding hydrogens is 318 g/mol. The van der Waals surface area contributed by atoms with Crippen molar-refractivity contribution in [1.29, 1.82) is 0 Å². The maximum absolute atomic E-state index is 12.0. The van der Waals surface area contributed by atoms with Crippen LogP contribution in [0.5, 0.6) is 5.75 Å². The summed E-state index contributed by atoms with van der Waals surface area (Å²) < 4.78 is 11.3. The lowest BCUT2D eigenvalue weighted by atomic mass is 10.0. The van der Waals surface area contributed by atoms with E-state index >= 15 is 0 Å². The molecule has 0 amide bonds. The molecule has 0 N–H and O–H groups in total. The summed E-state index contributed by atoms with van der Waals surface area (Å²) in [7, 11) is 1.66. The molecule has 0 aliphatic carbocycles. The largest absolute Gasteiger partial charge is 0.495 e. The third-order valence-corrected chi connectivity index (χ3v) is 4.55. The third kappa shape index (κ3) is 4.10. The van der Waals surface area contributed by atoms with Gasteiger partial charge in [-0.2, -0.15) is 0 Å². The molecule has 1 fully saturated rings. The number of hydrogen-bond donors (Lipinski definition) is 0. The van der Waals surface area contributed by atoms with Gasteiger partial charge in [-0.15, -0.1) is 0 Å². The second-order valence-electron chi connectivity index (χ2n) is 6.33. The Kier molecular flexibility index (Phi) is 5.53. The maximum atomic E-state index is 12.0. The van der Waals surface area contributed by atoms with Crippen LogP contribution in [0.25, 0.3) is 5.76 Å². The van der Waals surface area contributed by atoms with Crippen molar-refractivity contribution in [3.63, 3.8) is 0 Å². The number of benzene rings is 1. The lowest BCUT2D eigenvalue weighted by molar-refractivity contribution is -0.117. The SMILES string of the molecule is COc1cc(/C2=C/CC(=O)C/C(CC=O)=C\O2)ccc1N1CCCC1. The van der Waals surface area contributed by atoms with Gasteiger partial charge in [-0.05, 0) is 42.7 Å². The molecule has 132 valence electrons. The van der Waals surface area contributed by atoms with Gasteiger partial charge in [0.1, 0.15) is 23.6 Å². The molecule has 0 saturated carbocycles. The Morgan fingerprint density at radius 3 is 2.80 bits per heavy atom. The minimum atomic E-state index is 0.0783. The number of carbonyl (C=O) groups excluding carboxylic acids is 2. The zero-order chi connectivity index (χ0) is 17.6. The van der Waals surface area contributed by atoms with Crippen molar-refractivity contribution in [1.82, 2.24) is 0 Å². The van der Waals surface area contributed by atoms with Crippen molar-refractivity contribution in [2.45, 2.75) is 32.1 Å². The molecule has 5 nitrogen and oxygen atoms in total.